The lowest BCUT2D eigenvalue weighted by Gasteiger charge is -2.07. The molecule has 4 heteroatoms. The molecule has 4 nitrogen and oxygen atoms in total. The van der Waals surface area contributed by atoms with Crippen LogP contribution in [-0.4, -0.2) is 17.6 Å². The third kappa shape index (κ3) is 4.90. The highest BCUT2D eigenvalue weighted by Crippen LogP contribution is 2.14. The first kappa shape index (κ1) is 16.0. The van der Waals surface area contributed by atoms with Gasteiger partial charge in [0.25, 0.3) is 0 Å². The molecule has 0 aliphatic rings. The summed E-state index contributed by atoms with van der Waals surface area (Å²) in [4.78, 5) is 12.0. The van der Waals surface area contributed by atoms with Crippen LogP contribution in [-0.2, 0) is 17.8 Å². The van der Waals surface area contributed by atoms with Gasteiger partial charge in [0.15, 0.2) is 0 Å². The lowest BCUT2D eigenvalue weighted by atomic mass is 10.1. The second-order valence-corrected chi connectivity index (χ2v) is 4.98. The average molecular weight is 299 g/mol. The number of hydrogen-bond acceptors (Lipinski definition) is 3. The summed E-state index contributed by atoms with van der Waals surface area (Å²) in [5.41, 5.74) is 2.59. The van der Waals surface area contributed by atoms with Gasteiger partial charge in [-0.2, -0.15) is 0 Å². The van der Waals surface area contributed by atoms with Gasteiger partial charge in [-0.25, -0.2) is 0 Å². The topological polar surface area (TPSA) is 58.6 Å². The van der Waals surface area contributed by atoms with Crippen molar-refractivity contribution >= 4 is 11.6 Å². The van der Waals surface area contributed by atoms with Crippen molar-refractivity contribution < 1.29 is 14.6 Å². The van der Waals surface area contributed by atoms with E-state index in [0.717, 1.165) is 16.9 Å². The zero-order valence-corrected chi connectivity index (χ0v) is 12.7. The molecule has 0 spiro atoms. The summed E-state index contributed by atoms with van der Waals surface area (Å²) >= 11 is 0. The van der Waals surface area contributed by atoms with Crippen LogP contribution in [0.1, 0.15) is 24.5 Å². The van der Waals surface area contributed by atoms with Crippen LogP contribution in [0.4, 0.5) is 5.69 Å². The van der Waals surface area contributed by atoms with E-state index in [1.807, 2.05) is 49.4 Å². The number of carbonyl (C=O) groups is 1. The number of anilines is 1. The molecular weight excluding hydrogens is 278 g/mol. The molecule has 22 heavy (non-hydrogen) atoms. The fourth-order valence-electron chi connectivity index (χ4n) is 2.15. The Morgan fingerprint density at radius 1 is 1.14 bits per heavy atom. The summed E-state index contributed by atoms with van der Waals surface area (Å²) in [6, 6.07) is 15.0. The molecule has 0 radical (unpaired) electrons. The summed E-state index contributed by atoms with van der Waals surface area (Å²) in [6.45, 7) is 2.56. The van der Waals surface area contributed by atoms with Crippen LogP contribution in [0, 0.1) is 0 Å². The van der Waals surface area contributed by atoms with E-state index in [-0.39, 0.29) is 12.5 Å². The summed E-state index contributed by atoms with van der Waals surface area (Å²) in [5.74, 6) is 0.806. The zero-order valence-electron chi connectivity index (χ0n) is 12.7. The van der Waals surface area contributed by atoms with Crippen LogP contribution in [0.2, 0.25) is 0 Å². The Balaban J connectivity index is 1.84. The Morgan fingerprint density at radius 3 is 2.59 bits per heavy atom. The number of amides is 1. The average Bonchev–Trinajstić information content (AvgIpc) is 2.55. The zero-order chi connectivity index (χ0) is 15.8. The first-order chi connectivity index (χ1) is 10.7. The van der Waals surface area contributed by atoms with Crippen LogP contribution < -0.4 is 10.1 Å². The Bertz CT molecular complexity index is 608. The molecule has 2 aromatic rings. The number of hydrogen-bond donors (Lipinski definition) is 2. The van der Waals surface area contributed by atoms with Gasteiger partial charge in [0, 0.05) is 12.1 Å². The number of rotatable bonds is 7. The molecule has 0 atom stereocenters. The molecule has 0 bridgehead atoms. The summed E-state index contributed by atoms with van der Waals surface area (Å²) in [7, 11) is 0. The first-order valence-electron chi connectivity index (χ1n) is 7.42. The van der Waals surface area contributed by atoms with Gasteiger partial charge in [-0.05, 0) is 48.7 Å². The van der Waals surface area contributed by atoms with Gasteiger partial charge in [0.2, 0.25) is 5.91 Å². The van der Waals surface area contributed by atoms with Gasteiger partial charge in [0.05, 0.1) is 13.2 Å². The Hall–Kier alpha value is -2.33. The maximum atomic E-state index is 12.0. The third-order valence-electron chi connectivity index (χ3n) is 3.27. The minimum absolute atomic E-state index is 0.0319. The van der Waals surface area contributed by atoms with Crippen molar-refractivity contribution in [1.82, 2.24) is 0 Å². The predicted molar refractivity (Wildman–Crippen MR) is 86.9 cm³/mol. The van der Waals surface area contributed by atoms with E-state index >= 15 is 0 Å². The van der Waals surface area contributed by atoms with Crippen molar-refractivity contribution in [3.63, 3.8) is 0 Å². The molecule has 1 amide bonds. The molecule has 2 aromatic carbocycles. The number of benzene rings is 2. The molecule has 2 rings (SSSR count). The number of aliphatic hydroxyl groups is 1. The van der Waals surface area contributed by atoms with Gasteiger partial charge >= 0.3 is 0 Å². The van der Waals surface area contributed by atoms with Gasteiger partial charge in [-0.3, -0.25) is 4.79 Å². The molecule has 2 N–H and O–H groups in total. The van der Waals surface area contributed by atoms with Crippen LogP contribution >= 0.6 is 0 Å². The number of carbonyl (C=O) groups excluding carboxylic acids is 1. The summed E-state index contributed by atoms with van der Waals surface area (Å²) < 4.78 is 5.39. The highest BCUT2D eigenvalue weighted by molar-refractivity contribution is 5.90. The van der Waals surface area contributed by atoms with E-state index in [9.17, 15) is 4.79 Å². The van der Waals surface area contributed by atoms with E-state index < -0.39 is 0 Å². The second kappa shape index (κ2) is 8.20. The van der Waals surface area contributed by atoms with E-state index in [1.54, 1.807) is 6.07 Å². The van der Waals surface area contributed by atoms with Gasteiger partial charge in [-0.15, -0.1) is 0 Å². The minimum atomic E-state index is -0.0380. The van der Waals surface area contributed by atoms with E-state index in [1.165, 1.54) is 0 Å². The van der Waals surface area contributed by atoms with E-state index in [4.69, 9.17) is 9.84 Å². The van der Waals surface area contributed by atoms with E-state index in [2.05, 4.69) is 5.32 Å². The lowest BCUT2D eigenvalue weighted by Crippen LogP contribution is -2.12. The van der Waals surface area contributed by atoms with Gasteiger partial charge in [0.1, 0.15) is 5.75 Å². The van der Waals surface area contributed by atoms with Crippen molar-refractivity contribution in [2.24, 2.45) is 0 Å². The summed E-state index contributed by atoms with van der Waals surface area (Å²) in [6.07, 6.45) is 1.09. The molecule has 0 aliphatic heterocycles. The highest BCUT2D eigenvalue weighted by Gasteiger charge is 2.04. The fraction of sp³-hybridized carbons (Fsp3) is 0.278. The Morgan fingerprint density at radius 2 is 1.91 bits per heavy atom. The largest absolute Gasteiger partial charge is 0.494 e. The van der Waals surface area contributed by atoms with Gasteiger partial charge < -0.3 is 15.2 Å². The fourth-order valence-corrected chi connectivity index (χ4v) is 2.15. The summed E-state index contributed by atoms with van der Waals surface area (Å²) in [5, 5.41) is 11.9. The van der Waals surface area contributed by atoms with Crippen LogP contribution in [0.5, 0.6) is 5.75 Å². The van der Waals surface area contributed by atoms with Crippen LogP contribution in [0.3, 0.4) is 0 Å². The number of ether oxygens (including phenoxy) is 1. The van der Waals surface area contributed by atoms with E-state index in [0.29, 0.717) is 25.1 Å². The molecule has 116 valence electrons. The van der Waals surface area contributed by atoms with Crippen LogP contribution in [0.15, 0.2) is 48.5 Å². The molecule has 0 aromatic heterocycles. The molecule has 0 saturated heterocycles. The van der Waals surface area contributed by atoms with Crippen molar-refractivity contribution in [3.05, 3.63) is 59.7 Å². The maximum absolute atomic E-state index is 12.0. The molecular formula is C18H21NO3. The number of aliphatic hydroxyl groups excluding tert-OH is 1. The molecule has 0 saturated carbocycles. The number of nitrogens with one attached hydrogen (secondary N) is 1. The first-order valence-corrected chi connectivity index (χ1v) is 7.42. The molecule has 0 fully saturated rings. The Kier molecular flexibility index (Phi) is 5.98. The lowest BCUT2D eigenvalue weighted by molar-refractivity contribution is -0.116. The van der Waals surface area contributed by atoms with Crippen molar-refractivity contribution in [3.8, 4) is 5.75 Å². The highest BCUT2D eigenvalue weighted by atomic mass is 16.5. The number of aryl methyl sites for hydroxylation is 1. The standard InChI is InChI=1S/C18H21NO3/c1-2-22-17-9-6-14(7-10-17)8-11-18(21)19-16-5-3-4-15(12-16)13-20/h3-7,9-10,12,20H,2,8,11,13H2,1H3,(H,19,21). The van der Waals surface area contributed by atoms with Crippen molar-refractivity contribution in [2.45, 2.75) is 26.4 Å². The Labute approximate surface area is 130 Å². The SMILES string of the molecule is CCOc1ccc(CCC(=O)Nc2cccc(CO)c2)cc1. The predicted octanol–water partition coefficient (Wildman–Crippen LogP) is 3.15. The molecule has 0 unspecified atom stereocenters. The smallest absolute Gasteiger partial charge is 0.224 e. The molecule has 0 aliphatic carbocycles. The van der Waals surface area contributed by atoms with Crippen molar-refractivity contribution in [1.29, 1.82) is 0 Å². The van der Waals surface area contributed by atoms with Crippen LogP contribution in [0.25, 0.3) is 0 Å². The maximum Gasteiger partial charge on any atom is 0.224 e. The second-order valence-electron chi connectivity index (χ2n) is 4.98. The normalized spacial score (nSPS) is 10.3. The van der Waals surface area contributed by atoms with Gasteiger partial charge in [-0.1, -0.05) is 24.3 Å². The molecule has 0 heterocycles. The minimum Gasteiger partial charge on any atom is -0.494 e. The monoisotopic (exact) mass is 299 g/mol. The quantitative estimate of drug-likeness (QED) is 0.825. The van der Waals surface area contributed by atoms with Crippen molar-refractivity contribution in [2.75, 3.05) is 11.9 Å². The third-order valence-corrected chi connectivity index (χ3v) is 3.27.